The van der Waals surface area contributed by atoms with Crippen LogP contribution in [0.3, 0.4) is 0 Å². The van der Waals surface area contributed by atoms with Gasteiger partial charge in [-0.1, -0.05) is 6.92 Å². The van der Waals surface area contributed by atoms with Gasteiger partial charge in [-0.05, 0) is 25.2 Å². The number of nitrogens with zero attached hydrogens (tertiary/aromatic N) is 4. The van der Waals surface area contributed by atoms with Gasteiger partial charge in [-0.2, -0.15) is 5.10 Å². The van der Waals surface area contributed by atoms with Gasteiger partial charge in [0.2, 0.25) is 0 Å². The molecule has 0 aliphatic heterocycles. The Bertz CT molecular complexity index is 654. The monoisotopic (exact) mass is 302 g/mol. The van der Waals surface area contributed by atoms with Crippen LogP contribution in [0.5, 0.6) is 0 Å². The largest absolute Gasteiger partial charge is 0.383 e. The van der Waals surface area contributed by atoms with Crippen LogP contribution in [-0.4, -0.2) is 51.7 Å². The lowest BCUT2D eigenvalue weighted by molar-refractivity contribution is 0.0604. The van der Waals surface area contributed by atoms with E-state index in [0.717, 1.165) is 18.4 Å². The summed E-state index contributed by atoms with van der Waals surface area (Å²) >= 11 is 0. The molecule has 22 heavy (non-hydrogen) atoms. The van der Waals surface area contributed by atoms with Gasteiger partial charge >= 0.3 is 0 Å². The van der Waals surface area contributed by atoms with Gasteiger partial charge in [0.15, 0.2) is 0 Å². The molecule has 2 unspecified atom stereocenters. The SMILES string of the molecule is COCCN(C(=O)c1cnn2ccncc12)C1CCC(C)C1. The summed E-state index contributed by atoms with van der Waals surface area (Å²) in [7, 11) is 1.67. The van der Waals surface area contributed by atoms with Crippen LogP contribution in [-0.2, 0) is 4.74 Å². The lowest BCUT2D eigenvalue weighted by atomic mass is 10.1. The highest BCUT2D eigenvalue weighted by Gasteiger charge is 2.31. The van der Waals surface area contributed by atoms with Crippen LogP contribution in [0.4, 0.5) is 0 Å². The first-order valence-electron chi connectivity index (χ1n) is 7.78. The zero-order valence-corrected chi connectivity index (χ0v) is 13.1. The van der Waals surface area contributed by atoms with E-state index in [1.807, 2.05) is 4.90 Å². The number of rotatable bonds is 5. The van der Waals surface area contributed by atoms with Crippen LogP contribution in [0.1, 0.15) is 36.5 Å². The van der Waals surface area contributed by atoms with Gasteiger partial charge in [0.05, 0.1) is 30.1 Å². The van der Waals surface area contributed by atoms with Crippen molar-refractivity contribution in [3.8, 4) is 0 Å². The van der Waals surface area contributed by atoms with Crippen LogP contribution >= 0.6 is 0 Å². The predicted octanol–water partition coefficient (Wildman–Crippen LogP) is 2.01. The quantitative estimate of drug-likeness (QED) is 0.847. The molecule has 6 nitrogen and oxygen atoms in total. The van der Waals surface area contributed by atoms with Gasteiger partial charge in [-0.3, -0.25) is 9.78 Å². The minimum absolute atomic E-state index is 0.0270. The molecule has 0 bridgehead atoms. The molecule has 0 aromatic carbocycles. The smallest absolute Gasteiger partial charge is 0.258 e. The average Bonchev–Trinajstić information content (AvgIpc) is 3.14. The lowest BCUT2D eigenvalue weighted by Crippen LogP contribution is -2.41. The standard InChI is InChI=1S/C16H22N4O2/c1-12-3-4-13(9-12)19(7-8-22-2)16(21)14-10-18-20-6-5-17-11-15(14)20/h5-6,10-13H,3-4,7-9H2,1-2H3. The number of hydrogen-bond donors (Lipinski definition) is 0. The molecule has 2 aromatic heterocycles. The normalized spacial score (nSPS) is 21.4. The van der Waals surface area contributed by atoms with E-state index >= 15 is 0 Å². The van der Waals surface area contributed by atoms with Crippen molar-refractivity contribution in [1.29, 1.82) is 0 Å². The van der Waals surface area contributed by atoms with Crippen molar-refractivity contribution in [3.05, 3.63) is 30.4 Å². The van der Waals surface area contributed by atoms with Gasteiger partial charge < -0.3 is 9.64 Å². The van der Waals surface area contributed by atoms with Gasteiger partial charge in [-0.15, -0.1) is 0 Å². The summed E-state index contributed by atoms with van der Waals surface area (Å²) in [6.45, 7) is 3.41. The highest BCUT2D eigenvalue weighted by atomic mass is 16.5. The molecule has 2 heterocycles. The van der Waals surface area contributed by atoms with Crippen LogP contribution in [0.25, 0.3) is 5.52 Å². The molecule has 1 aliphatic carbocycles. The zero-order chi connectivity index (χ0) is 15.5. The van der Waals surface area contributed by atoms with E-state index in [2.05, 4.69) is 17.0 Å². The molecule has 3 rings (SSSR count). The predicted molar refractivity (Wildman–Crippen MR) is 82.7 cm³/mol. The first-order valence-corrected chi connectivity index (χ1v) is 7.78. The molecule has 1 fully saturated rings. The Hall–Kier alpha value is -1.95. The number of ether oxygens (including phenoxy) is 1. The first-order chi connectivity index (χ1) is 10.7. The molecule has 2 aromatic rings. The molecule has 2 atom stereocenters. The van der Waals surface area contributed by atoms with Crippen molar-refractivity contribution in [2.24, 2.45) is 5.92 Å². The number of aromatic nitrogens is 3. The second-order valence-electron chi connectivity index (χ2n) is 6.03. The summed E-state index contributed by atoms with van der Waals surface area (Å²) in [5, 5.41) is 4.24. The summed E-state index contributed by atoms with van der Waals surface area (Å²) in [6.07, 6.45) is 10.0. The number of methoxy groups -OCH3 is 1. The fourth-order valence-electron chi connectivity index (χ4n) is 3.25. The zero-order valence-electron chi connectivity index (χ0n) is 13.1. The van der Waals surface area contributed by atoms with Crippen molar-refractivity contribution in [3.63, 3.8) is 0 Å². The third kappa shape index (κ3) is 2.83. The number of carbonyl (C=O) groups excluding carboxylic acids is 1. The maximum Gasteiger partial charge on any atom is 0.258 e. The minimum atomic E-state index is 0.0270. The highest BCUT2D eigenvalue weighted by Crippen LogP contribution is 2.30. The van der Waals surface area contributed by atoms with Crippen molar-refractivity contribution in [2.75, 3.05) is 20.3 Å². The van der Waals surface area contributed by atoms with E-state index in [0.29, 0.717) is 30.7 Å². The second kappa shape index (κ2) is 6.44. The van der Waals surface area contributed by atoms with Crippen LogP contribution in [0, 0.1) is 5.92 Å². The van der Waals surface area contributed by atoms with Crippen molar-refractivity contribution in [2.45, 2.75) is 32.2 Å². The van der Waals surface area contributed by atoms with E-state index in [1.165, 1.54) is 6.42 Å². The molecular formula is C16H22N4O2. The molecule has 118 valence electrons. The Labute approximate surface area is 130 Å². The summed E-state index contributed by atoms with van der Waals surface area (Å²) in [6, 6.07) is 0.296. The molecule has 0 saturated heterocycles. The fourth-order valence-corrected chi connectivity index (χ4v) is 3.25. The molecule has 6 heteroatoms. The van der Waals surface area contributed by atoms with E-state index in [-0.39, 0.29) is 5.91 Å². The Morgan fingerprint density at radius 1 is 1.45 bits per heavy atom. The van der Waals surface area contributed by atoms with Gasteiger partial charge in [0.25, 0.3) is 5.91 Å². The summed E-state index contributed by atoms with van der Waals surface area (Å²) in [5.41, 5.74) is 1.37. The molecule has 0 radical (unpaired) electrons. The number of fused-ring (bicyclic) bond motifs is 1. The number of amides is 1. The first kappa shape index (κ1) is 15.0. The van der Waals surface area contributed by atoms with Crippen LogP contribution < -0.4 is 0 Å². The molecule has 1 saturated carbocycles. The molecule has 1 amide bonds. The van der Waals surface area contributed by atoms with Crippen LogP contribution in [0.15, 0.2) is 24.8 Å². The summed E-state index contributed by atoms with van der Waals surface area (Å²) in [5.74, 6) is 0.701. The highest BCUT2D eigenvalue weighted by molar-refractivity contribution is 6.00. The Morgan fingerprint density at radius 3 is 3.05 bits per heavy atom. The molecule has 1 aliphatic rings. The van der Waals surface area contributed by atoms with E-state index in [1.54, 1.807) is 36.4 Å². The molecular weight excluding hydrogens is 280 g/mol. The Morgan fingerprint density at radius 2 is 2.32 bits per heavy atom. The van der Waals surface area contributed by atoms with Crippen molar-refractivity contribution >= 4 is 11.4 Å². The molecule has 0 N–H and O–H groups in total. The van der Waals surface area contributed by atoms with Crippen molar-refractivity contribution < 1.29 is 9.53 Å². The lowest BCUT2D eigenvalue weighted by Gasteiger charge is -2.28. The Kier molecular flexibility index (Phi) is 4.38. The minimum Gasteiger partial charge on any atom is -0.383 e. The Balaban J connectivity index is 1.88. The fraction of sp³-hybridized carbons (Fsp3) is 0.562. The van der Waals surface area contributed by atoms with Crippen LogP contribution in [0.2, 0.25) is 0 Å². The maximum absolute atomic E-state index is 13.0. The average molecular weight is 302 g/mol. The number of hydrogen-bond acceptors (Lipinski definition) is 4. The van der Waals surface area contributed by atoms with E-state index < -0.39 is 0 Å². The van der Waals surface area contributed by atoms with E-state index in [9.17, 15) is 4.79 Å². The third-order valence-electron chi connectivity index (χ3n) is 4.46. The van der Waals surface area contributed by atoms with Gasteiger partial charge in [0, 0.05) is 32.1 Å². The molecule has 0 spiro atoms. The number of carbonyl (C=O) groups is 1. The second-order valence-corrected chi connectivity index (χ2v) is 6.03. The summed E-state index contributed by atoms with van der Waals surface area (Å²) < 4.78 is 6.87. The topological polar surface area (TPSA) is 59.7 Å². The van der Waals surface area contributed by atoms with E-state index in [4.69, 9.17) is 4.74 Å². The third-order valence-corrected chi connectivity index (χ3v) is 4.46. The van der Waals surface area contributed by atoms with Crippen molar-refractivity contribution in [1.82, 2.24) is 19.5 Å². The summed E-state index contributed by atoms with van der Waals surface area (Å²) in [4.78, 5) is 19.1. The maximum atomic E-state index is 13.0. The van der Waals surface area contributed by atoms with Gasteiger partial charge in [0.1, 0.15) is 0 Å². The van der Waals surface area contributed by atoms with Gasteiger partial charge in [-0.25, -0.2) is 4.52 Å².